The van der Waals surface area contributed by atoms with E-state index in [-0.39, 0.29) is 5.15 Å². The lowest BCUT2D eigenvalue weighted by Crippen LogP contribution is -2.34. The van der Waals surface area contributed by atoms with Crippen molar-refractivity contribution < 1.29 is 13.2 Å². The third-order valence-corrected chi connectivity index (χ3v) is 3.50. The second kappa shape index (κ2) is 4.14. The maximum Gasteiger partial charge on any atom is 0.417 e. The molecule has 0 aromatic carbocycles. The summed E-state index contributed by atoms with van der Waals surface area (Å²) in [5.41, 5.74) is 4.86. The van der Waals surface area contributed by atoms with Gasteiger partial charge < -0.3 is 5.73 Å². The van der Waals surface area contributed by atoms with Crippen LogP contribution in [-0.2, 0) is 11.7 Å². The molecule has 1 aliphatic rings. The maximum atomic E-state index is 12.6. The van der Waals surface area contributed by atoms with Gasteiger partial charge >= 0.3 is 6.18 Å². The molecule has 2 N–H and O–H groups in total. The molecule has 0 aliphatic heterocycles. The fraction of sp³-hybridized carbons (Fsp3) is 0.545. The summed E-state index contributed by atoms with van der Waals surface area (Å²) in [5, 5.41) is 0.0717. The molecule has 0 amide bonds. The number of alkyl halides is 3. The van der Waals surface area contributed by atoms with E-state index >= 15 is 0 Å². The molecule has 0 saturated heterocycles. The van der Waals surface area contributed by atoms with Gasteiger partial charge in [-0.25, -0.2) is 4.98 Å². The summed E-state index contributed by atoms with van der Waals surface area (Å²) < 4.78 is 37.8. The third kappa shape index (κ3) is 2.40. The highest BCUT2D eigenvalue weighted by atomic mass is 35.5. The van der Waals surface area contributed by atoms with E-state index in [1.54, 1.807) is 0 Å². The highest BCUT2D eigenvalue weighted by Crippen LogP contribution is 2.41. The summed E-state index contributed by atoms with van der Waals surface area (Å²) in [4.78, 5) is 3.60. The first-order valence-electron chi connectivity index (χ1n) is 5.35. The van der Waals surface area contributed by atoms with Crippen molar-refractivity contribution in [1.82, 2.24) is 4.98 Å². The number of rotatable bonds is 1. The average molecular weight is 265 g/mol. The van der Waals surface area contributed by atoms with E-state index in [0.29, 0.717) is 18.4 Å². The Balaban J connectivity index is 2.46. The van der Waals surface area contributed by atoms with Gasteiger partial charge in [0.1, 0.15) is 5.15 Å². The lowest BCUT2D eigenvalue weighted by atomic mass is 9.90. The van der Waals surface area contributed by atoms with E-state index in [9.17, 15) is 13.2 Å². The lowest BCUT2D eigenvalue weighted by Gasteiger charge is -2.25. The Morgan fingerprint density at radius 3 is 2.41 bits per heavy atom. The average Bonchev–Trinajstić information content (AvgIpc) is 2.65. The Morgan fingerprint density at radius 2 is 1.88 bits per heavy atom. The van der Waals surface area contributed by atoms with Crippen LogP contribution in [0.2, 0.25) is 5.15 Å². The van der Waals surface area contributed by atoms with E-state index < -0.39 is 17.3 Å². The Morgan fingerprint density at radius 1 is 1.29 bits per heavy atom. The molecule has 1 heterocycles. The van der Waals surface area contributed by atoms with Gasteiger partial charge in [-0.2, -0.15) is 13.2 Å². The molecule has 0 radical (unpaired) electrons. The molecule has 1 aliphatic carbocycles. The van der Waals surface area contributed by atoms with Crippen LogP contribution in [0.5, 0.6) is 0 Å². The van der Waals surface area contributed by atoms with Crippen LogP contribution in [0.4, 0.5) is 13.2 Å². The van der Waals surface area contributed by atoms with E-state index in [0.717, 1.165) is 25.1 Å². The minimum atomic E-state index is -4.42. The standard InChI is InChI=1S/C11H12ClF3N2/c12-9-8(10(16)3-1-2-4-10)5-7(6-17-9)11(13,14)15/h5-6H,1-4,16H2. The van der Waals surface area contributed by atoms with Crippen LogP contribution in [-0.4, -0.2) is 4.98 Å². The number of hydrogen-bond donors (Lipinski definition) is 1. The molecule has 0 unspecified atom stereocenters. The summed E-state index contributed by atoms with van der Waals surface area (Å²) >= 11 is 5.86. The summed E-state index contributed by atoms with van der Waals surface area (Å²) in [7, 11) is 0. The van der Waals surface area contributed by atoms with Crippen LogP contribution in [0.1, 0.15) is 36.8 Å². The minimum Gasteiger partial charge on any atom is -0.321 e. The molecule has 1 fully saturated rings. The summed E-state index contributed by atoms with van der Waals surface area (Å²) in [6.45, 7) is 0. The Kier molecular flexibility index (Phi) is 3.08. The quantitative estimate of drug-likeness (QED) is 0.789. The largest absolute Gasteiger partial charge is 0.417 e. The maximum absolute atomic E-state index is 12.6. The lowest BCUT2D eigenvalue weighted by molar-refractivity contribution is -0.137. The summed E-state index contributed by atoms with van der Waals surface area (Å²) in [5.74, 6) is 0. The smallest absolute Gasteiger partial charge is 0.321 e. The predicted octanol–water partition coefficient (Wildman–Crippen LogP) is 3.48. The van der Waals surface area contributed by atoms with Crippen LogP contribution < -0.4 is 5.73 Å². The van der Waals surface area contributed by atoms with Gasteiger partial charge in [0.25, 0.3) is 0 Å². The highest BCUT2D eigenvalue weighted by molar-refractivity contribution is 6.30. The first-order valence-corrected chi connectivity index (χ1v) is 5.73. The van der Waals surface area contributed by atoms with E-state index in [1.165, 1.54) is 0 Å². The van der Waals surface area contributed by atoms with Crippen LogP contribution in [0.15, 0.2) is 12.3 Å². The molecule has 1 aromatic heterocycles. The first kappa shape index (κ1) is 12.6. The normalized spacial score (nSPS) is 19.6. The number of pyridine rings is 1. The molecule has 0 atom stereocenters. The van der Waals surface area contributed by atoms with Gasteiger partial charge in [-0.3, -0.25) is 0 Å². The van der Waals surface area contributed by atoms with E-state index in [1.807, 2.05) is 0 Å². The second-order valence-electron chi connectivity index (χ2n) is 4.42. The van der Waals surface area contributed by atoms with Crippen molar-refractivity contribution in [3.63, 3.8) is 0 Å². The zero-order valence-corrected chi connectivity index (χ0v) is 9.78. The SMILES string of the molecule is NC1(c2cc(C(F)(F)F)cnc2Cl)CCCC1. The Labute approximate surface area is 102 Å². The molecule has 0 bridgehead atoms. The molecular formula is C11H12ClF3N2. The fourth-order valence-corrected chi connectivity index (χ4v) is 2.52. The number of aromatic nitrogens is 1. The number of nitrogens with two attached hydrogens (primary N) is 1. The first-order chi connectivity index (χ1) is 7.83. The molecular weight excluding hydrogens is 253 g/mol. The summed E-state index contributed by atoms with van der Waals surface area (Å²) in [6.07, 6.45) is -0.566. The third-order valence-electron chi connectivity index (χ3n) is 3.20. The molecule has 2 nitrogen and oxygen atoms in total. The van der Waals surface area contributed by atoms with Gasteiger partial charge in [-0.05, 0) is 18.9 Å². The zero-order valence-electron chi connectivity index (χ0n) is 9.02. The molecule has 94 valence electrons. The molecule has 6 heteroatoms. The predicted molar refractivity (Wildman–Crippen MR) is 58.6 cm³/mol. The fourth-order valence-electron chi connectivity index (χ4n) is 2.23. The van der Waals surface area contributed by atoms with Gasteiger partial charge in [0.05, 0.1) is 5.56 Å². The Hall–Kier alpha value is -0.810. The van der Waals surface area contributed by atoms with Gasteiger partial charge in [0, 0.05) is 17.3 Å². The van der Waals surface area contributed by atoms with Crippen molar-refractivity contribution in [2.75, 3.05) is 0 Å². The monoisotopic (exact) mass is 264 g/mol. The van der Waals surface area contributed by atoms with E-state index in [2.05, 4.69) is 4.98 Å². The van der Waals surface area contributed by atoms with Gasteiger partial charge in [0.2, 0.25) is 0 Å². The van der Waals surface area contributed by atoms with Crippen LogP contribution in [0.3, 0.4) is 0 Å². The minimum absolute atomic E-state index is 0.0717. The van der Waals surface area contributed by atoms with Crippen molar-refractivity contribution in [2.24, 2.45) is 5.73 Å². The van der Waals surface area contributed by atoms with Gasteiger partial charge in [-0.1, -0.05) is 24.4 Å². The van der Waals surface area contributed by atoms with Gasteiger partial charge in [0.15, 0.2) is 0 Å². The second-order valence-corrected chi connectivity index (χ2v) is 4.78. The van der Waals surface area contributed by atoms with Crippen LogP contribution in [0.25, 0.3) is 0 Å². The number of nitrogens with zero attached hydrogens (tertiary/aromatic N) is 1. The Bertz CT molecular complexity index is 425. The van der Waals surface area contributed by atoms with Crippen molar-refractivity contribution in [3.05, 3.63) is 28.5 Å². The van der Waals surface area contributed by atoms with Crippen molar-refractivity contribution in [3.8, 4) is 0 Å². The number of halogens is 4. The van der Waals surface area contributed by atoms with Crippen molar-refractivity contribution in [1.29, 1.82) is 0 Å². The van der Waals surface area contributed by atoms with Crippen LogP contribution in [0, 0.1) is 0 Å². The van der Waals surface area contributed by atoms with E-state index in [4.69, 9.17) is 17.3 Å². The molecule has 0 spiro atoms. The van der Waals surface area contributed by atoms with Crippen molar-refractivity contribution in [2.45, 2.75) is 37.4 Å². The molecule has 1 aromatic rings. The molecule has 17 heavy (non-hydrogen) atoms. The zero-order chi connectivity index (χ0) is 12.7. The van der Waals surface area contributed by atoms with Crippen LogP contribution >= 0.6 is 11.6 Å². The topological polar surface area (TPSA) is 38.9 Å². The van der Waals surface area contributed by atoms with Gasteiger partial charge in [-0.15, -0.1) is 0 Å². The summed E-state index contributed by atoms with van der Waals surface area (Å²) in [6, 6.07) is 1.03. The number of hydrogen-bond acceptors (Lipinski definition) is 2. The molecule has 2 rings (SSSR count). The molecule has 1 saturated carbocycles. The highest BCUT2D eigenvalue weighted by Gasteiger charge is 2.37. The van der Waals surface area contributed by atoms with Crippen molar-refractivity contribution >= 4 is 11.6 Å².